The van der Waals surface area contributed by atoms with Crippen LogP contribution in [0.25, 0.3) is 0 Å². The van der Waals surface area contributed by atoms with E-state index < -0.39 is 0 Å². The SMILES string of the molecule is CCCCC/C=C\C/C=C\C/C=C\C/C=C\CCCCNCCNC(C)=O. The largest absolute Gasteiger partial charge is 0.355 e. The molecule has 0 aliphatic heterocycles. The van der Waals surface area contributed by atoms with Crippen molar-refractivity contribution < 1.29 is 4.79 Å². The van der Waals surface area contributed by atoms with Crippen LogP contribution < -0.4 is 10.6 Å². The number of carbonyl (C=O) groups is 1. The Morgan fingerprint density at radius 2 is 1.19 bits per heavy atom. The summed E-state index contributed by atoms with van der Waals surface area (Å²) in [6.45, 7) is 6.38. The van der Waals surface area contributed by atoms with Gasteiger partial charge in [-0.2, -0.15) is 0 Å². The average Bonchev–Trinajstić information content (AvgIpc) is 2.65. The zero-order valence-corrected chi connectivity index (χ0v) is 17.7. The lowest BCUT2D eigenvalue weighted by Crippen LogP contribution is -2.30. The topological polar surface area (TPSA) is 41.1 Å². The van der Waals surface area contributed by atoms with E-state index in [1.54, 1.807) is 6.92 Å². The van der Waals surface area contributed by atoms with Gasteiger partial charge in [0.25, 0.3) is 0 Å². The molecule has 0 spiro atoms. The van der Waals surface area contributed by atoms with Gasteiger partial charge in [-0.15, -0.1) is 0 Å². The zero-order valence-electron chi connectivity index (χ0n) is 17.7. The summed E-state index contributed by atoms with van der Waals surface area (Å²) in [6.07, 6.45) is 29.9. The molecule has 0 aromatic heterocycles. The maximum absolute atomic E-state index is 10.7. The van der Waals surface area contributed by atoms with Crippen molar-refractivity contribution in [3.05, 3.63) is 48.6 Å². The molecule has 0 saturated carbocycles. The third-order valence-electron chi connectivity index (χ3n) is 4.11. The highest BCUT2D eigenvalue weighted by atomic mass is 16.1. The quantitative estimate of drug-likeness (QED) is 0.233. The fourth-order valence-electron chi connectivity index (χ4n) is 2.53. The van der Waals surface area contributed by atoms with Crippen LogP contribution in [0, 0.1) is 0 Å². The predicted octanol–water partition coefficient (Wildman–Crippen LogP) is 5.86. The molecule has 1 amide bonds. The molecule has 0 aromatic carbocycles. The van der Waals surface area contributed by atoms with E-state index in [0.29, 0.717) is 6.54 Å². The summed E-state index contributed by atoms with van der Waals surface area (Å²) in [5, 5.41) is 6.11. The summed E-state index contributed by atoms with van der Waals surface area (Å²) in [4.78, 5) is 10.7. The van der Waals surface area contributed by atoms with Crippen LogP contribution in [0.1, 0.15) is 78.1 Å². The second kappa shape index (κ2) is 22.4. The number of carbonyl (C=O) groups excluding carboxylic acids is 1. The maximum atomic E-state index is 10.7. The minimum Gasteiger partial charge on any atom is -0.355 e. The maximum Gasteiger partial charge on any atom is 0.216 e. The van der Waals surface area contributed by atoms with Crippen molar-refractivity contribution in [2.75, 3.05) is 19.6 Å². The van der Waals surface area contributed by atoms with Crippen molar-refractivity contribution >= 4 is 5.91 Å². The smallest absolute Gasteiger partial charge is 0.216 e. The Hall–Kier alpha value is -1.61. The number of hydrogen-bond acceptors (Lipinski definition) is 2. The molecule has 2 N–H and O–H groups in total. The summed E-state index contributed by atoms with van der Waals surface area (Å²) >= 11 is 0. The summed E-state index contributed by atoms with van der Waals surface area (Å²) in [7, 11) is 0. The molecule has 0 unspecified atom stereocenters. The van der Waals surface area contributed by atoms with Gasteiger partial charge in [-0.05, 0) is 57.9 Å². The molecule has 0 bridgehead atoms. The van der Waals surface area contributed by atoms with Crippen LogP contribution in [-0.4, -0.2) is 25.5 Å². The van der Waals surface area contributed by atoms with E-state index in [1.807, 2.05) is 0 Å². The Morgan fingerprint density at radius 1 is 0.667 bits per heavy atom. The molecule has 0 aliphatic rings. The molecule has 154 valence electrons. The fraction of sp³-hybridized carbons (Fsp3) is 0.625. The highest BCUT2D eigenvalue weighted by Gasteiger charge is 1.90. The Morgan fingerprint density at radius 3 is 1.70 bits per heavy atom. The van der Waals surface area contributed by atoms with Gasteiger partial charge in [-0.3, -0.25) is 4.79 Å². The van der Waals surface area contributed by atoms with Crippen LogP contribution in [0.4, 0.5) is 0 Å². The Bertz CT molecular complexity index is 436. The van der Waals surface area contributed by atoms with E-state index in [0.717, 1.165) is 38.8 Å². The van der Waals surface area contributed by atoms with E-state index in [9.17, 15) is 4.79 Å². The van der Waals surface area contributed by atoms with E-state index in [-0.39, 0.29) is 5.91 Å². The van der Waals surface area contributed by atoms with Gasteiger partial charge in [0, 0.05) is 20.0 Å². The predicted molar refractivity (Wildman–Crippen MR) is 120 cm³/mol. The van der Waals surface area contributed by atoms with Crippen molar-refractivity contribution in [2.24, 2.45) is 0 Å². The second-order valence-corrected chi connectivity index (χ2v) is 6.82. The molecule has 3 heteroatoms. The summed E-state index contributed by atoms with van der Waals surface area (Å²) in [6, 6.07) is 0. The molecule has 0 heterocycles. The van der Waals surface area contributed by atoms with Crippen molar-refractivity contribution in [3.63, 3.8) is 0 Å². The standard InChI is InChI=1S/C24H42N2O/c1-3-4-5-6-7-8-9-10-11-12-13-14-15-16-17-18-19-20-21-25-22-23-26-24(2)27/h7-8,10-11,13-14,16-17,25H,3-6,9,12,15,18-23H2,1-2H3,(H,26,27)/b8-7-,11-10-,14-13-,17-16-. The Balaban J connectivity index is 3.33. The van der Waals surface area contributed by atoms with Crippen LogP contribution >= 0.6 is 0 Å². The lowest BCUT2D eigenvalue weighted by atomic mass is 10.2. The molecule has 0 aliphatic carbocycles. The van der Waals surface area contributed by atoms with E-state index in [2.05, 4.69) is 66.2 Å². The van der Waals surface area contributed by atoms with Crippen molar-refractivity contribution in [1.29, 1.82) is 0 Å². The summed E-state index contributed by atoms with van der Waals surface area (Å²) < 4.78 is 0. The number of unbranched alkanes of at least 4 members (excludes halogenated alkanes) is 5. The van der Waals surface area contributed by atoms with E-state index >= 15 is 0 Å². The Kier molecular flexibility index (Phi) is 21.1. The molecular weight excluding hydrogens is 332 g/mol. The number of amides is 1. The first-order chi connectivity index (χ1) is 13.3. The fourth-order valence-corrected chi connectivity index (χ4v) is 2.53. The third-order valence-corrected chi connectivity index (χ3v) is 4.11. The van der Waals surface area contributed by atoms with Crippen molar-refractivity contribution in [2.45, 2.75) is 78.1 Å². The van der Waals surface area contributed by atoms with Gasteiger partial charge in [0.1, 0.15) is 0 Å². The van der Waals surface area contributed by atoms with Gasteiger partial charge in [0.2, 0.25) is 5.91 Å². The molecule has 0 saturated heterocycles. The minimum atomic E-state index is 0.0392. The van der Waals surface area contributed by atoms with Crippen LogP contribution in [0.2, 0.25) is 0 Å². The van der Waals surface area contributed by atoms with Crippen molar-refractivity contribution in [3.8, 4) is 0 Å². The van der Waals surface area contributed by atoms with Crippen LogP contribution in [0.15, 0.2) is 48.6 Å². The molecule has 0 fully saturated rings. The number of hydrogen-bond donors (Lipinski definition) is 2. The minimum absolute atomic E-state index is 0.0392. The van der Waals surface area contributed by atoms with Crippen LogP contribution in [-0.2, 0) is 4.79 Å². The molecule has 0 rings (SSSR count). The molecule has 0 atom stereocenters. The molecule has 3 nitrogen and oxygen atoms in total. The lowest BCUT2D eigenvalue weighted by Gasteiger charge is -2.04. The summed E-state index contributed by atoms with van der Waals surface area (Å²) in [5.41, 5.74) is 0. The first-order valence-corrected chi connectivity index (χ1v) is 10.8. The Labute approximate surface area is 168 Å². The molecular formula is C24H42N2O. The second-order valence-electron chi connectivity index (χ2n) is 6.82. The van der Waals surface area contributed by atoms with Gasteiger partial charge in [0.05, 0.1) is 0 Å². The van der Waals surface area contributed by atoms with Gasteiger partial charge in [-0.1, -0.05) is 68.4 Å². The normalized spacial score (nSPS) is 12.2. The lowest BCUT2D eigenvalue weighted by molar-refractivity contribution is -0.118. The van der Waals surface area contributed by atoms with Gasteiger partial charge in [-0.25, -0.2) is 0 Å². The third kappa shape index (κ3) is 24.4. The monoisotopic (exact) mass is 374 g/mol. The molecule has 27 heavy (non-hydrogen) atoms. The van der Waals surface area contributed by atoms with Gasteiger partial charge >= 0.3 is 0 Å². The first kappa shape index (κ1) is 25.4. The first-order valence-electron chi connectivity index (χ1n) is 10.8. The molecule has 0 aromatic rings. The van der Waals surface area contributed by atoms with E-state index in [4.69, 9.17) is 0 Å². The zero-order chi connectivity index (χ0) is 19.8. The number of allylic oxidation sites excluding steroid dienone is 8. The van der Waals surface area contributed by atoms with Gasteiger partial charge < -0.3 is 10.6 Å². The van der Waals surface area contributed by atoms with Crippen LogP contribution in [0.5, 0.6) is 0 Å². The van der Waals surface area contributed by atoms with Gasteiger partial charge in [0.15, 0.2) is 0 Å². The summed E-state index contributed by atoms with van der Waals surface area (Å²) in [5.74, 6) is 0.0392. The molecule has 0 radical (unpaired) electrons. The number of rotatable bonds is 18. The van der Waals surface area contributed by atoms with E-state index in [1.165, 1.54) is 38.5 Å². The number of nitrogens with one attached hydrogen (secondary N) is 2. The highest BCUT2D eigenvalue weighted by molar-refractivity contribution is 5.72. The van der Waals surface area contributed by atoms with Crippen LogP contribution in [0.3, 0.4) is 0 Å². The highest BCUT2D eigenvalue weighted by Crippen LogP contribution is 2.01. The van der Waals surface area contributed by atoms with Crippen molar-refractivity contribution in [1.82, 2.24) is 10.6 Å². The average molecular weight is 375 g/mol.